The Morgan fingerprint density at radius 1 is 0.871 bits per heavy atom. The van der Waals surface area contributed by atoms with Crippen LogP contribution < -0.4 is 5.32 Å². The highest BCUT2D eigenvalue weighted by Crippen LogP contribution is 2.22. The smallest absolute Gasteiger partial charge is 0.344 e. The number of ether oxygens (including phenoxy) is 1. The summed E-state index contributed by atoms with van der Waals surface area (Å²) in [4.78, 5) is 22.6. The van der Waals surface area contributed by atoms with Crippen LogP contribution in [0.25, 0.3) is 0 Å². The topological polar surface area (TPSA) is 75.6 Å². The standard InChI is InChI=1S/C26H43NO4/c1-21(24(28)29)31-25(30)22-15-17-23(18-16-22)27-20-14-12-10-8-6-5-7-9-11-13-19-26(2,3)4/h15-18,21,27H,5-14,19-20H2,1-4H3,(H,28,29). The molecule has 5 nitrogen and oxygen atoms in total. The summed E-state index contributed by atoms with van der Waals surface area (Å²) in [6.07, 6.45) is 13.4. The molecule has 2 N–H and O–H groups in total. The molecule has 1 aromatic rings. The fraction of sp³-hybridized carbons (Fsp3) is 0.692. The lowest BCUT2D eigenvalue weighted by molar-refractivity contribution is -0.146. The molecule has 0 fully saturated rings. The van der Waals surface area contributed by atoms with Gasteiger partial charge >= 0.3 is 11.9 Å². The van der Waals surface area contributed by atoms with E-state index in [2.05, 4.69) is 26.1 Å². The van der Waals surface area contributed by atoms with Crippen molar-refractivity contribution >= 4 is 17.6 Å². The number of benzene rings is 1. The van der Waals surface area contributed by atoms with Gasteiger partial charge < -0.3 is 15.2 Å². The monoisotopic (exact) mass is 433 g/mol. The first kappa shape index (κ1) is 27.0. The molecule has 176 valence electrons. The second-order valence-electron chi connectivity index (χ2n) is 9.74. The van der Waals surface area contributed by atoms with E-state index in [0.29, 0.717) is 11.0 Å². The Morgan fingerprint density at radius 2 is 1.35 bits per heavy atom. The van der Waals surface area contributed by atoms with Crippen molar-refractivity contribution in [3.8, 4) is 0 Å². The summed E-state index contributed by atoms with van der Waals surface area (Å²) >= 11 is 0. The van der Waals surface area contributed by atoms with Crippen molar-refractivity contribution < 1.29 is 19.4 Å². The average Bonchev–Trinajstić information content (AvgIpc) is 2.70. The lowest BCUT2D eigenvalue weighted by Crippen LogP contribution is -2.23. The van der Waals surface area contributed by atoms with E-state index in [-0.39, 0.29) is 0 Å². The minimum Gasteiger partial charge on any atom is -0.479 e. The summed E-state index contributed by atoms with van der Waals surface area (Å²) in [5.74, 6) is -1.77. The third-order valence-electron chi connectivity index (χ3n) is 5.43. The van der Waals surface area contributed by atoms with E-state index in [4.69, 9.17) is 9.84 Å². The summed E-state index contributed by atoms with van der Waals surface area (Å²) < 4.78 is 4.87. The maximum absolute atomic E-state index is 11.9. The molecule has 0 aliphatic rings. The van der Waals surface area contributed by atoms with E-state index in [0.717, 1.165) is 18.7 Å². The minimum absolute atomic E-state index is 0.354. The molecule has 1 aromatic carbocycles. The highest BCUT2D eigenvalue weighted by Gasteiger charge is 2.17. The average molecular weight is 434 g/mol. The van der Waals surface area contributed by atoms with Gasteiger partial charge in [-0.3, -0.25) is 0 Å². The molecule has 0 heterocycles. The van der Waals surface area contributed by atoms with Gasteiger partial charge in [-0.25, -0.2) is 9.59 Å². The van der Waals surface area contributed by atoms with Crippen LogP contribution in [0.5, 0.6) is 0 Å². The van der Waals surface area contributed by atoms with E-state index in [9.17, 15) is 9.59 Å². The molecule has 0 aliphatic heterocycles. The van der Waals surface area contributed by atoms with Crippen LogP contribution in [0.4, 0.5) is 5.69 Å². The third kappa shape index (κ3) is 13.8. The molecule has 0 aromatic heterocycles. The highest BCUT2D eigenvalue weighted by molar-refractivity contribution is 5.91. The highest BCUT2D eigenvalue weighted by atomic mass is 16.6. The normalized spacial score (nSPS) is 12.4. The van der Waals surface area contributed by atoms with Crippen molar-refractivity contribution in [1.82, 2.24) is 0 Å². The van der Waals surface area contributed by atoms with Crippen LogP contribution >= 0.6 is 0 Å². The largest absolute Gasteiger partial charge is 0.479 e. The number of hydrogen-bond donors (Lipinski definition) is 2. The van der Waals surface area contributed by atoms with Crippen LogP contribution in [-0.2, 0) is 9.53 Å². The number of carboxylic acids is 1. The quantitative estimate of drug-likeness (QED) is 0.215. The SMILES string of the molecule is CC(OC(=O)c1ccc(NCCCCCCCCCCCCC(C)(C)C)cc1)C(=O)O. The van der Waals surface area contributed by atoms with Crippen molar-refractivity contribution in [3.63, 3.8) is 0 Å². The van der Waals surface area contributed by atoms with Crippen molar-refractivity contribution in [3.05, 3.63) is 29.8 Å². The van der Waals surface area contributed by atoms with E-state index in [1.807, 2.05) is 12.1 Å². The van der Waals surface area contributed by atoms with Crippen LogP contribution in [0.1, 0.15) is 109 Å². The van der Waals surface area contributed by atoms with Gasteiger partial charge in [-0.15, -0.1) is 0 Å². The first-order valence-electron chi connectivity index (χ1n) is 12.0. The predicted molar refractivity (Wildman–Crippen MR) is 128 cm³/mol. The molecule has 0 saturated carbocycles. The summed E-state index contributed by atoms with van der Waals surface area (Å²) in [6, 6.07) is 6.96. The Kier molecular flexibility index (Phi) is 13.0. The molecule has 1 unspecified atom stereocenters. The van der Waals surface area contributed by atoms with Crippen LogP contribution in [0, 0.1) is 5.41 Å². The molecule has 1 atom stereocenters. The molecule has 0 radical (unpaired) electrons. The van der Waals surface area contributed by atoms with Gasteiger partial charge in [0.2, 0.25) is 0 Å². The number of carbonyl (C=O) groups excluding carboxylic acids is 1. The van der Waals surface area contributed by atoms with E-state index < -0.39 is 18.0 Å². The van der Waals surface area contributed by atoms with Gasteiger partial charge in [0.05, 0.1) is 5.56 Å². The van der Waals surface area contributed by atoms with Gasteiger partial charge in [0.25, 0.3) is 0 Å². The molecular formula is C26H43NO4. The van der Waals surface area contributed by atoms with Crippen molar-refractivity contribution in [2.45, 2.75) is 104 Å². The summed E-state index contributed by atoms with van der Waals surface area (Å²) in [5.41, 5.74) is 1.79. The Balaban J connectivity index is 2.01. The number of hydrogen-bond acceptors (Lipinski definition) is 4. The molecule has 0 bridgehead atoms. The Labute approximate surface area is 189 Å². The zero-order chi connectivity index (χ0) is 23.1. The van der Waals surface area contributed by atoms with Crippen LogP contribution in [0.15, 0.2) is 24.3 Å². The Morgan fingerprint density at radius 3 is 1.84 bits per heavy atom. The maximum atomic E-state index is 11.9. The second kappa shape index (κ2) is 14.9. The number of aliphatic carboxylic acids is 1. The molecular weight excluding hydrogens is 390 g/mol. The number of esters is 1. The van der Waals surface area contributed by atoms with Crippen molar-refractivity contribution in [1.29, 1.82) is 0 Å². The second-order valence-corrected chi connectivity index (χ2v) is 9.74. The minimum atomic E-state index is -1.15. The molecule has 1 rings (SSSR count). The summed E-state index contributed by atoms with van der Waals surface area (Å²) in [6.45, 7) is 9.22. The number of carboxylic acid groups (broad SMARTS) is 1. The molecule has 0 saturated heterocycles. The predicted octanol–water partition coefficient (Wildman–Crippen LogP) is 7.07. The Bertz CT molecular complexity index is 634. The van der Waals surface area contributed by atoms with Crippen LogP contribution in [0.3, 0.4) is 0 Å². The van der Waals surface area contributed by atoms with Gasteiger partial charge in [-0.05, 0) is 49.4 Å². The van der Waals surface area contributed by atoms with Crippen molar-refractivity contribution in [2.24, 2.45) is 5.41 Å². The number of rotatable bonds is 16. The van der Waals surface area contributed by atoms with Crippen LogP contribution in [-0.4, -0.2) is 29.7 Å². The molecule has 0 spiro atoms. The zero-order valence-corrected chi connectivity index (χ0v) is 20.0. The van der Waals surface area contributed by atoms with Gasteiger partial charge in [-0.2, -0.15) is 0 Å². The zero-order valence-electron chi connectivity index (χ0n) is 20.0. The van der Waals surface area contributed by atoms with Gasteiger partial charge in [-0.1, -0.05) is 78.6 Å². The van der Waals surface area contributed by atoms with Gasteiger partial charge in [0.15, 0.2) is 6.10 Å². The fourth-order valence-electron chi connectivity index (χ4n) is 3.43. The molecule has 5 heteroatoms. The number of anilines is 1. The van der Waals surface area contributed by atoms with Gasteiger partial charge in [0.1, 0.15) is 0 Å². The number of unbranched alkanes of at least 4 members (excludes halogenated alkanes) is 9. The lowest BCUT2D eigenvalue weighted by atomic mass is 9.89. The number of carbonyl (C=O) groups is 2. The molecule has 0 amide bonds. The number of nitrogens with one attached hydrogen (secondary N) is 1. The third-order valence-corrected chi connectivity index (χ3v) is 5.43. The molecule has 0 aliphatic carbocycles. The van der Waals surface area contributed by atoms with E-state index in [1.165, 1.54) is 71.1 Å². The Hall–Kier alpha value is -2.04. The summed E-state index contributed by atoms with van der Waals surface area (Å²) in [5, 5.41) is 12.2. The maximum Gasteiger partial charge on any atom is 0.344 e. The van der Waals surface area contributed by atoms with Crippen LogP contribution in [0.2, 0.25) is 0 Å². The van der Waals surface area contributed by atoms with Crippen molar-refractivity contribution in [2.75, 3.05) is 11.9 Å². The van der Waals surface area contributed by atoms with Gasteiger partial charge in [0, 0.05) is 12.2 Å². The first-order valence-corrected chi connectivity index (χ1v) is 12.0. The first-order chi connectivity index (χ1) is 14.7. The van der Waals surface area contributed by atoms with E-state index >= 15 is 0 Å². The summed E-state index contributed by atoms with van der Waals surface area (Å²) in [7, 11) is 0. The van der Waals surface area contributed by atoms with E-state index in [1.54, 1.807) is 12.1 Å². The molecule has 31 heavy (non-hydrogen) atoms. The lowest BCUT2D eigenvalue weighted by Gasteiger charge is -2.17. The fourth-order valence-corrected chi connectivity index (χ4v) is 3.43.